The van der Waals surface area contributed by atoms with Gasteiger partial charge in [0.2, 0.25) is 5.88 Å². The number of fused-ring (bicyclic) bond motifs is 1. The predicted octanol–water partition coefficient (Wildman–Crippen LogP) is 2.90. The molecule has 2 aliphatic heterocycles. The lowest BCUT2D eigenvalue weighted by Crippen LogP contribution is -2.40. The Morgan fingerprint density at radius 1 is 1.17 bits per heavy atom. The molecule has 1 aromatic carbocycles. The molecule has 0 saturated carbocycles. The Morgan fingerprint density at radius 3 is 2.63 bits per heavy atom. The number of hydrogen-bond acceptors (Lipinski definition) is 8. The third-order valence-corrected chi connectivity index (χ3v) is 7.16. The van der Waals surface area contributed by atoms with Crippen LogP contribution in [0.25, 0.3) is 0 Å². The van der Waals surface area contributed by atoms with Gasteiger partial charge in [0.05, 0.1) is 4.90 Å². The lowest BCUT2D eigenvalue weighted by atomic mass is 10.1. The number of anilines is 2. The maximum absolute atomic E-state index is 11.8. The number of sulfone groups is 1. The van der Waals surface area contributed by atoms with Crippen molar-refractivity contribution in [3.63, 3.8) is 0 Å². The Morgan fingerprint density at radius 2 is 1.93 bits per heavy atom. The molecular weight excluding hydrogens is 424 g/mol. The number of aromatic nitrogens is 2. The number of benzene rings is 1. The largest absolute Gasteiger partial charge is 0.474 e. The molecule has 0 atom stereocenters. The van der Waals surface area contributed by atoms with E-state index < -0.39 is 9.84 Å². The predicted molar refractivity (Wildman–Crippen MR) is 116 cm³/mol. The number of thioether (sulfide) groups is 1. The Balaban J connectivity index is 1.46. The van der Waals surface area contributed by atoms with E-state index >= 15 is 0 Å². The highest BCUT2D eigenvalue weighted by Gasteiger charge is 2.26. The van der Waals surface area contributed by atoms with Gasteiger partial charge in [-0.25, -0.2) is 18.4 Å². The van der Waals surface area contributed by atoms with Crippen molar-refractivity contribution in [3.05, 3.63) is 36.2 Å². The second-order valence-electron chi connectivity index (χ2n) is 7.45. The van der Waals surface area contributed by atoms with Crippen LogP contribution in [-0.2, 0) is 16.3 Å². The van der Waals surface area contributed by atoms with Crippen molar-refractivity contribution in [3.8, 4) is 5.88 Å². The molecule has 1 amide bonds. The second-order valence-corrected chi connectivity index (χ2v) is 10.2. The molecule has 160 valence electrons. The molecule has 0 bridgehead atoms. The molecule has 1 fully saturated rings. The van der Waals surface area contributed by atoms with Gasteiger partial charge in [0.1, 0.15) is 18.2 Å². The van der Waals surface area contributed by atoms with E-state index in [4.69, 9.17) is 4.74 Å². The van der Waals surface area contributed by atoms with Gasteiger partial charge in [0, 0.05) is 50.5 Å². The van der Waals surface area contributed by atoms with Gasteiger partial charge in [-0.3, -0.25) is 4.79 Å². The second kappa shape index (κ2) is 8.43. The molecule has 4 rings (SSSR count). The van der Waals surface area contributed by atoms with Gasteiger partial charge in [-0.05, 0) is 36.4 Å². The van der Waals surface area contributed by atoms with Gasteiger partial charge in [-0.15, -0.1) is 0 Å². The van der Waals surface area contributed by atoms with Gasteiger partial charge in [-0.1, -0.05) is 11.8 Å². The van der Waals surface area contributed by atoms with E-state index in [1.54, 1.807) is 18.4 Å². The molecule has 1 saturated heterocycles. The molecular formula is C20H24N4O4S2. The standard InChI is InChI=1S/C20H24N4O4S2/c1-29-20(25)23-8-6-15(7-9-23)28-19-12-18(21-13-22-19)24-10-5-14-11-16(30(2,26)27)3-4-17(14)24/h3-4,11-13,15H,5-10H2,1-2H3. The highest BCUT2D eigenvalue weighted by molar-refractivity contribution is 8.12. The van der Waals surface area contributed by atoms with Gasteiger partial charge in [0.25, 0.3) is 5.24 Å². The first-order valence-corrected chi connectivity index (χ1v) is 12.9. The van der Waals surface area contributed by atoms with Crippen molar-refractivity contribution in [2.75, 3.05) is 37.0 Å². The Hall–Kier alpha value is -2.33. The first-order valence-electron chi connectivity index (χ1n) is 9.77. The fourth-order valence-electron chi connectivity index (χ4n) is 3.84. The van der Waals surface area contributed by atoms with Crippen LogP contribution in [0.15, 0.2) is 35.5 Å². The van der Waals surface area contributed by atoms with Gasteiger partial charge < -0.3 is 14.5 Å². The lowest BCUT2D eigenvalue weighted by Gasteiger charge is -2.31. The molecule has 1 aromatic heterocycles. The Labute approximate surface area is 180 Å². The topological polar surface area (TPSA) is 92.7 Å². The number of rotatable bonds is 4. The van der Waals surface area contributed by atoms with Crippen LogP contribution >= 0.6 is 11.8 Å². The highest BCUT2D eigenvalue weighted by Crippen LogP contribution is 2.35. The number of amides is 1. The monoisotopic (exact) mass is 448 g/mol. The molecule has 0 N–H and O–H groups in total. The maximum atomic E-state index is 11.8. The summed E-state index contributed by atoms with van der Waals surface area (Å²) in [5.41, 5.74) is 1.95. The Kier molecular flexibility index (Phi) is 5.88. The summed E-state index contributed by atoms with van der Waals surface area (Å²) in [7, 11) is -3.23. The summed E-state index contributed by atoms with van der Waals surface area (Å²) >= 11 is 1.24. The smallest absolute Gasteiger partial charge is 0.281 e. The number of hydrogen-bond donors (Lipinski definition) is 0. The summed E-state index contributed by atoms with van der Waals surface area (Å²) in [5.74, 6) is 1.23. The minimum absolute atomic E-state index is 0.0156. The number of carbonyl (C=O) groups is 1. The molecule has 0 radical (unpaired) electrons. The summed E-state index contributed by atoms with van der Waals surface area (Å²) in [6.07, 6.45) is 6.81. The van der Waals surface area contributed by atoms with Crippen LogP contribution in [0, 0.1) is 0 Å². The fraction of sp³-hybridized carbons (Fsp3) is 0.450. The molecule has 30 heavy (non-hydrogen) atoms. The summed E-state index contributed by atoms with van der Waals surface area (Å²) in [6, 6.07) is 7.03. The fourth-order valence-corrected chi connectivity index (χ4v) is 4.96. The average Bonchev–Trinajstić information content (AvgIpc) is 3.17. The summed E-state index contributed by atoms with van der Waals surface area (Å²) < 4.78 is 29.7. The maximum Gasteiger partial charge on any atom is 0.281 e. The Bertz CT molecular complexity index is 1050. The van der Waals surface area contributed by atoms with E-state index in [2.05, 4.69) is 14.9 Å². The van der Waals surface area contributed by atoms with E-state index in [1.165, 1.54) is 24.3 Å². The van der Waals surface area contributed by atoms with Crippen molar-refractivity contribution in [2.24, 2.45) is 0 Å². The van der Waals surface area contributed by atoms with E-state index in [9.17, 15) is 13.2 Å². The van der Waals surface area contributed by atoms with E-state index in [1.807, 2.05) is 17.0 Å². The molecule has 2 aliphatic rings. The van der Waals surface area contributed by atoms with Crippen molar-refractivity contribution >= 4 is 38.3 Å². The number of carbonyl (C=O) groups excluding carboxylic acids is 1. The van der Waals surface area contributed by atoms with Gasteiger partial charge in [0.15, 0.2) is 9.84 Å². The zero-order chi connectivity index (χ0) is 21.3. The zero-order valence-electron chi connectivity index (χ0n) is 16.9. The number of ether oxygens (including phenoxy) is 1. The van der Waals surface area contributed by atoms with Crippen LogP contribution in [0.1, 0.15) is 18.4 Å². The van der Waals surface area contributed by atoms with Crippen LogP contribution in [0.5, 0.6) is 5.88 Å². The normalized spacial score (nSPS) is 17.1. The van der Waals surface area contributed by atoms with Crippen molar-refractivity contribution in [1.29, 1.82) is 0 Å². The van der Waals surface area contributed by atoms with Gasteiger partial charge >= 0.3 is 0 Å². The van der Waals surface area contributed by atoms with Crippen LogP contribution < -0.4 is 9.64 Å². The molecule has 10 heteroatoms. The van der Waals surface area contributed by atoms with E-state index in [0.29, 0.717) is 30.4 Å². The van der Waals surface area contributed by atoms with Crippen molar-refractivity contribution in [2.45, 2.75) is 30.3 Å². The van der Waals surface area contributed by atoms with Crippen molar-refractivity contribution in [1.82, 2.24) is 14.9 Å². The van der Waals surface area contributed by atoms with Crippen LogP contribution in [0.4, 0.5) is 16.3 Å². The minimum Gasteiger partial charge on any atom is -0.474 e. The van der Waals surface area contributed by atoms with Crippen LogP contribution in [-0.4, -0.2) is 66.8 Å². The van der Waals surface area contributed by atoms with Crippen LogP contribution in [0.3, 0.4) is 0 Å². The molecule has 3 heterocycles. The third-order valence-electron chi connectivity index (χ3n) is 5.44. The summed E-state index contributed by atoms with van der Waals surface area (Å²) in [5, 5.41) is 0.101. The lowest BCUT2D eigenvalue weighted by molar-refractivity contribution is 0.115. The molecule has 0 aliphatic carbocycles. The molecule has 0 unspecified atom stereocenters. The zero-order valence-corrected chi connectivity index (χ0v) is 18.6. The van der Waals surface area contributed by atoms with Crippen LogP contribution in [0.2, 0.25) is 0 Å². The molecule has 8 nitrogen and oxygen atoms in total. The van der Waals surface area contributed by atoms with Crippen molar-refractivity contribution < 1.29 is 17.9 Å². The average molecular weight is 449 g/mol. The van der Waals surface area contributed by atoms with E-state index in [-0.39, 0.29) is 11.3 Å². The first kappa shape index (κ1) is 20.9. The number of nitrogens with zero attached hydrogens (tertiary/aromatic N) is 4. The van der Waals surface area contributed by atoms with E-state index in [0.717, 1.165) is 36.3 Å². The molecule has 0 spiro atoms. The molecule has 2 aromatic rings. The SMILES string of the molecule is CSC(=O)N1CCC(Oc2cc(N3CCc4cc(S(C)(=O)=O)ccc43)ncn2)CC1. The number of likely N-dealkylation sites (tertiary alicyclic amines) is 1. The quantitative estimate of drug-likeness (QED) is 0.705. The van der Waals surface area contributed by atoms with Gasteiger partial charge in [-0.2, -0.15) is 0 Å². The summed E-state index contributed by atoms with van der Waals surface area (Å²) in [6.45, 7) is 2.09. The first-order chi connectivity index (χ1) is 14.3. The number of piperidine rings is 1. The third kappa shape index (κ3) is 4.39. The highest BCUT2D eigenvalue weighted by atomic mass is 32.2. The summed E-state index contributed by atoms with van der Waals surface area (Å²) in [4.78, 5) is 24.7. The minimum atomic E-state index is -3.23.